The first-order chi connectivity index (χ1) is 13.4. The lowest BCUT2D eigenvalue weighted by Crippen LogP contribution is -2.70. The highest BCUT2D eigenvalue weighted by Gasteiger charge is 2.54. The number of carbonyl (C=O) groups excluding carboxylic acids is 3. The Morgan fingerprint density at radius 3 is 2.86 bits per heavy atom. The van der Waals surface area contributed by atoms with Crippen LogP contribution < -0.4 is 5.32 Å². The SMILES string of the molecule is CC(=O)OCC1=C(C(=O)O)N2C(=O)C(NC(=O)CSc3ccccn3)C2SC1. The standard InChI is InChI=1S/C17H17N3O6S2/c1-9(21)26-6-10-7-28-16-13(15(23)20(16)14(10)17(24)25)19-11(22)8-27-12-4-2-3-5-18-12/h2-5,13,16H,6-8H2,1H3,(H,19,22)(H,24,25). The van der Waals surface area contributed by atoms with E-state index < -0.39 is 29.3 Å². The average Bonchev–Trinajstić information content (AvgIpc) is 2.68. The predicted molar refractivity (Wildman–Crippen MR) is 101 cm³/mol. The lowest BCUT2D eigenvalue weighted by atomic mass is 10.0. The number of fused-ring (bicyclic) bond motifs is 1. The Morgan fingerprint density at radius 1 is 1.43 bits per heavy atom. The summed E-state index contributed by atoms with van der Waals surface area (Å²) < 4.78 is 4.88. The number of hydrogen-bond acceptors (Lipinski definition) is 8. The van der Waals surface area contributed by atoms with Gasteiger partial charge in [0.05, 0.1) is 10.8 Å². The molecule has 1 fully saturated rings. The molecule has 0 radical (unpaired) electrons. The molecule has 148 valence electrons. The van der Waals surface area contributed by atoms with Crippen molar-refractivity contribution in [2.75, 3.05) is 18.1 Å². The van der Waals surface area contributed by atoms with E-state index in [0.29, 0.717) is 16.4 Å². The highest BCUT2D eigenvalue weighted by atomic mass is 32.2. The van der Waals surface area contributed by atoms with Crippen molar-refractivity contribution in [2.24, 2.45) is 0 Å². The molecule has 1 saturated heterocycles. The monoisotopic (exact) mass is 423 g/mol. The van der Waals surface area contributed by atoms with Crippen LogP contribution in [0, 0.1) is 0 Å². The molecule has 2 atom stereocenters. The predicted octanol–water partition coefficient (Wildman–Crippen LogP) is 0.475. The van der Waals surface area contributed by atoms with Crippen LogP contribution >= 0.6 is 23.5 Å². The molecule has 0 bridgehead atoms. The van der Waals surface area contributed by atoms with E-state index in [9.17, 15) is 24.3 Å². The number of pyridine rings is 1. The summed E-state index contributed by atoms with van der Waals surface area (Å²) in [5, 5.41) is 12.3. The van der Waals surface area contributed by atoms with E-state index in [-0.39, 0.29) is 24.0 Å². The molecule has 0 aliphatic carbocycles. The Bertz CT molecular complexity index is 845. The minimum Gasteiger partial charge on any atom is -0.477 e. The fourth-order valence-corrected chi connectivity index (χ4v) is 4.77. The Balaban J connectivity index is 1.62. The lowest BCUT2D eigenvalue weighted by molar-refractivity contribution is -0.150. The van der Waals surface area contributed by atoms with Crippen LogP contribution in [0.1, 0.15) is 6.92 Å². The molecule has 2 N–H and O–H groups in total. The molecule has 3 rings (SSSR count). The van der Waals surface area contributed by atoms with Crippen molar-refractivity contribution in [1.29, 1.82) is 0 Å². The first kappa shape index (κ1) is 20.2. The number of ether oxygens (including phenoxy) is 1. The first-order valence-corrected chi connectivity index (χ1v) is 10.3. The molecule has 9 nitrogen and oxygen atoms in total. The van der Waals surface area contributed by atoms with Gasteiger partial charge in [-0.05, 0) is 12.1 Å². The third kappa shape index (κ3) is 4.30. The largest absolute Gasteiger partial charge is 0.477 e. The summed E-state index contributed by atoms with van der Waals surface area (Å²) in [5.74, 6) is -2.24. The molecule has 0 spiro atoms. The second-order valence-corrected chi connectivity index (χ2v) is 8.05. The Labute approximate surface area is 168 Å². The van der Waals surface area contributed by atoms with Crippen LogP contribution in [0.15, 0.2) is 40.7 Å². The zero-order chi connectivity index (χ0) is 20.3. The van der Waals surface area contributed by atoms with Gasteiger partial charge in [0.2, 0.25) is 5.91 Å². The molecule has 2 aliphatic heterocycles. The Kier molecular flexibility index (Phi) is 6.25. The van der Waals surface area contributed by atoms with Gasteiger partial charge in [-0.3, -0.25) is 19.3 Å². The summed E-state index contributed by atoms with van der Waals surface area (Å²) in [5.41, 5.74) is 0.177. The molecule has 1 aromatic rings. The van der Waals surface area contributed by atoms with Crippen molar-refractivity contribution in [3.63, 3.8) is 0 Å². The number of carbonyl (C=O) groups is 4. The zero-order valence-corrected chi connectivity index (χ0v) is 16.4. The molecular formula is C17H17N3O6S2. The van der Waals surface area contributed by atoms with Crippen LogP contribution in [0.25, 0.3) is 0 Å². The van der Waals surface area contributed by atoms with Crippen LogP contribution in [0.2, 0.25) is 0 Å². The number of nitrogens with one attached hydrogen (secondary N) is 1. The van der Waals surface area contributed by atoms with Crippen molar-refractivity contribution >= 4 is 47.3 Å². The summed E-state index contributed by atoms with van der Waals surface area (Å²) >= 11 is 2.56. The minimum absolute atomic E-state index is 0.0948. The summed E-state index contributed by atoms with van der Waals surface area (Å²) in [6.07, 6.45) is 1.62. The lowest BCUT2D eigenvalue weighted by Gasteiger charge is -2.49. The maximum atomic E-state index is 12.5. The van der Waals surface area contributed by atoms with E-state index in [4.69, 9.17) is 4.74 Å². The molecule has 0 aromatic carbocycles. The van der Waals surface area contributed by atoms with Crippen LogP contribution in [-0.2, 0) is 23.9 Å². The molecule has 11 heteroatoms. The molecule has 2 unspecified atom stereocenters. The number of thioether (sulfide) groups is 2. The summed E-state index contributed by atoms with van der Waals surface area (Å²) in [4.78, 5) is 52.5. The topological polar surface area (TPSA) is 126 Å². The van der Waals surface area contributed by atoms with Gasteiger partial charge in [0.25, 0.3) is 5.91 Å². The summed E-state index contributed by atoms with van der Waals surface area (Å²) in [6, 6.07) is 4.58. The van der Waals surface area contributed by atoms with Crippen LogP contribution in [0.4, 0.5) is 0 Å². The second-order valence-electron chi connectivity index (χ2n) is 5.95. The van der Waals surface area contributed by atoms with Gasteiger partial charge >= 0.3 is 11.9 Å². The van der Waals surface area contributed by atoms with Crippen LogP contribution in [0.5, 0.6) is 0 Å². The zero-order valence-electron chi connectivity index (χ0n) is 14.8. The van der Waals surface area contributed by atoms with Crippen LogP contribution in [0.3, 0.4) is 0 Å². The molecular weight excluding hydrogens is 406 g/mol. The molecule has 1 aromatic heterocycles. The van der Waals surface area contributed by atoms with Crippen molar-refractivity contribution in [3.8, 4) is 0 Å². The number of esters is 1. The molecule has 28 heavy (non-hydrogen) atoms. The minimum atomic E-state index is -1.27. The van der Waals surface area contributed by atoms with Gasteiger partial charge < -0.3 is 15.2 Å². The maximum absolute atomic E-state index is 12.5. The number of carboxylic acids is 1. The van der Waals surface area contributed by atoms with E-state index in [2.05, 4.69) is 10.3 Å². The molecule has 2 aliphatic rings. The number of rotatable bonds is 7. The molecule has 3 heterocycles. The fourth-order valence-electron chi connectivity index (χ4n) is 2.77. The van der Waals surface area contributed by atoms with Crippen molar-refractivity contribution in [1.82, 2.24) is 15.2 Å². The summed E-state index contributed by atoms with van der Waals surface area (Å²) in [7, 11) is 0. The third-order valence-electron chi connectivity index (χ3n) is 4.00. The van der Waals surface area contributed by atoms with E-state index >= 15 is 0 Å². The van der Waals surface area contributed by atoms with Crippen molar-refractivity contribution < 1.29 is 29.0 Å². The van der Waals surface area contributed by atoms with E-state index in [1.165, 1.54) is 30.4 Å². The Morgan fingerprint density at radius 2 is 2.21 bits per heavy atom. The number of β-lactam (4-membered cyclic amide) rings is 1. The van der Waals surface area contributed by atoms with Gasteiger partial charge in [0.15, 0.2) is 0 Å². The number of nitrogens with zero attached hydrogens (tertiary/aromatic N) is 2. The molecule has 0 saturated carbocycles. The molecule has 2 amide bonds. The van der Waals surface area contributed by atoms with Crippen molar-refractivity contribution in [3.05, 3.63) is 35.7 Å². The maximum Gasteiger partial charge on any atom is 0.352 e. The number of hydrogen-bond donors (Lipinski definition) is 2. The average molecular weight is 423 g/mol. The number of aliphatic carboxylic acids is 1. The van der Waals surface area contributed by atoms with E-state index in [0.717, 1.165) is 4.90 Å². The van der Waals surface area contributed by atoms with Crippen molar-refractivity contribution in [2.45, 2.75) is 23.4 Å². The normalized spacial score (nSPS) is 20.9. The fraction of sp³-hybridized carbons (Fsp3) is 0.353. The summed E-state index contributed by atoms with van der Waals surface area (Å²) in [6.45, 7) is 1.04. The van der Waals surface area contributed by atoms with E-state index in [1.807, 2.05) is 6.07 Å². The number of carboxylic acid groups (broad SMARTS) is 1. The van der Waals surface area contributed by atoms with Gasteiger partial charge in [-0.1, -0.05) is 17.8 Å². The highest BCUT2D eigenvalue weighted by molar-refractivity contribution is 8.00. The van der Waals surface area contributed by atoms with Gasteiger partial charge in [-0.2, -0.15) is 0 Å². The quantitative estimate of drug-likeness (QED) is 0.366. The Hall–Kier alpha value is -2.53. The number of aromatic nitrogens is 1. The van der Waals surface area contributed by atoms with E-state index in [1.54, 1.807) is 18.3 Å². The van der Waals surface area contributed by atoms with Gasteiger partial charge in [-0.25, -0.2) is 9.78 Å². The van der Waals surface area contributed by atoms with Gasteiger partial charge in [0, 0.05) is 24.4 Å². The first-order valence-electron chi connectivity index (χ1n) is 8.25. The van der Waals surface area contributed by atoms with Gasteiger partial charge in [0.1, 0.15) is 23.7 Å². The third-order valence-corrected chi connectivity index (χ3v) is 6.29. The number of amides is 2. The smallest absolute Gasteiger partial charge is 0.352 e. The van der Waals surface area contributed by atoms with Gasteiger partial charge in [-0.15, -0.1) is 11.8 Å². The van der Waals surface area contributed by atoms with Crippen LogP contribution in [-0.4, -0.2) is 68.3 Å². The highest BCUT2D eigenvalue weighted by Crippen LogP contribution is 2.40. The second kappa shape index (κ2) is 8.65.